The summed E-state index contributed by atoms with van der Waals surface area (Å²) in [5, 5.41) is 5.58. The molecule has 2 aliphatic rings. The highest BCUT2D eigenvalue weighted by molar-refractivity contribution is 5.89. The summed E-state index contributed by atoms with van der Waals surface area (Å²) >= 11 is 0. The molecule has 0 spiro atoms. The topological polar surface area (TPSA) is 112 Å². The van der Waals surface area contributed by atoms with Crippen LogP contribution in [0.25, 0.3) is 11.4 Å². The van der Waals surface area contributed by atoms with Crippen LogP contribution < -0.4 is 25.3 Å². The molecule has 0 saturated carbocycles. The van der Waals surface area contributed by atoms with Crippen LogP contribution in [0.2, 0.25) is 0 Å². The second kappa shape index (κ2) is 11.2. The maximum absolute atomic E-state index is 11.9. The van der Waals surface area contributed by atoms with E-state index in [0.29, 0.717) is 43.8 Å². The zero-order valence-corrected chi connectivity index (χ0v) is 22.4. The van der Waals surface area contributed by atoms with Crippen LogP contribution in [0.15, 0.2) is 36.5 Å². The summed E-state index contributed by atoms with van der Waals surface area (Å²) in [7, 11) is 3.88. The monoisotopic (exact) mass is 517 g/mol. The van der Waals surface area contributed by atoms with Gasteiger partial charge in [0.1, 0.15) is 11.6 Å². The van der Waals surface area contributed by atoms with Crippen molar-refractivity contribution in [2.45, 2.75) is 32.9 Å². The molecule has 0 bridgehead atoms. The number of rotatable bonds is 6. The fourth-order valence-electron chi connectivity index (χ4n) is 4.78. The first kappa shape index (κ1) is 25.7. The van der Waals surface area contributed by atoms with Gasteiger partial charge in [0.25, 0.3) is 0 Å². The number of nitrogens with zero attached hydrogens (tertiary/aromatic N) is 7. The van der Waals surface area contributed by atoms with Gasteiger partial charge < -0.3 is 30.1 Å². The molecule has 1 unspecified atom stereocenters. The third-order valence-corrected chi connectivity index (χ3v) is 6.77. The van der Waals surface area contributed by atoms with E-state index in [4.69, 9.17) is 19.7 Å². The van der Waals surface area contributed by atoms with E-state index < -0.39 is 0 Å². The van der Waals surface area contributed by atoms with Crippen LogP contribution in [0, 0.1) is 0 Å². The van der Waals surface area contributed by atoms with Crippen LogP contribution in [0.5, 0.6) is 0 Å². The van der Waals surface area contributed by atoms with Crippen molar-refractivity contribution in [1.29, 1.82) is 0 Å². The first-order valence-electron chi connectivity index (χ1n) is 13.1. The Morgan fingerprint density at radius 3 is 2.68 bits per heavy atom. The summed E-state index contributed by atoms with van der Waals surface area (Å²) in [6.45, 7) is 8.24. The minimum absolute atomic E-state index is 0.224. The number of ether oxygens (including phenoxy) is 1. The number of nitrogens with one attached hydrogen (secondary N) is 2. The second-order valence-corrected chi connectivity index (χ2v) is 9.76. The van der Waals surface area contributed by atoms with Crippen LogP contribution in [0.4, 0.5) is 28.1 Å². The lowest BCUT2D eigenvalue weighted by atomic mass is 10.0. The number of aromatic nitrogens is 4. The molecule has 1 aromatic carbocycles. The number of hydrogen-bond acceptors (Lipinski definition) is 9. The van der Waals surface area contributed by atoms with Gasteiger partial charge in [0, 0.05) is 56.7 Å². The molecular weight excluding hydrogens is 482 g/mol. The largest absolute Gasteiger partial charge is 0.377 e. The van der Waals surface area contributed by atoms with E-state index in [-0.39, 0.29) is 12.1 Å². The molecule has 5 rings (SSSR count). The Hall–Kier alpha value is -3.99. The number of urea groups is 1. The van der Waals surface area contributed by atoms with Gasteiger partial charge in [-0.25, -0.2) is 19.7 Å². The van der Waals surface area contributed by atoms with Crippen molar-refractivity contribution in [1.82, 2.24) is 25.3 Å². The fourth-order valence-corrected chi connectivity index (χ4v) is 4.78. The average Bonchev–Trinajstić information content (AvgIpc) is 2.93. The van der Waals surface area contributed by atoms with E-state index in [2.05, 4.69) is 32.3 Å². The number of anilines is 4. The lowest BCUT2D eigenvalue weighted by Gasteiger charge is -2.38. The molecule has 2 aromatic heterocycles. The van der Waals surface area contributed by atoms with Crippen molar-refractivity contribution in [2.24, 2.45) is 0 Å². The number of fused-ring (bicyclic) bond motifs is 1. The summed E-state index contributed by atoms with van der Waals surface area (Å²) in [5.41, 5.74) is 3.80. The Morgan fingerprint density at radius 2 is 1.95 bits per heavy atom. The van der Waals surface area contributed by atoms with Gasteiger partial charge in [0.05, 0.1) is 31.5 Å². The zero-order valence-electron chi connectivity index (χ0n) is 22.4. The molecule has 200 valence electrons. The molecule has 0 radical (unpaired) electrons. The Balaban J connectivity index is 1.49. The molecule has 1 atom stereocenters. The van der Waals surface area contributed by atoms with Gasteiger partial charge in [-0.15, -0.1) is 0 Å². The van der Waals surface area contributed by atoms with Gasteiger partial charge >= 0.3 is 6.03 Å². The summed E-state index contributed by atoms with van der Waals surface area (Å²) < 4.78 is 5.71. The summed E-state index contributed by atoms with van der Waals surface area (Å²) in [4.78, 5) is 37.7. The Kier molecular flexibility index (Phi) is 7.54. The van der Waals surface area contributed by atoms with Crippen molar-refractivity contribution in [3.8, 4) is 11.4 Å². The molecule has 1 saturated heterocycles. The molecule has 11 nitrogen and oxygen atoms in total. The van der Waals surface area contributed by atoms with Gasteiger partial charge in [0.15, 0.2) is 5.82 Å². The molecule has 2 amide bonds. The Labute approximate surface area is 223 Å². The van der Waals surface area contributed by atoms with E-state index in [1.165, 1.54) is 5.56 Å². The van der Waals surface area contributed by atoms with Crippen LogP contribution >= 0.6 is 0 Å². The van der Waals surface area contributed by atoms with Gasteiger partial charge in [-0.1, -0.05) is 0 Å². The van der Waals surface area contributed by atoms with Gasteiger partial charge in [-0.3, -0.25) is 0 Å². The lowest BCUT2D eigenvalue weighted by molar-refractivity contribution is 0.0984. The zero-order chi connectivity index (χ0) is 26.6. The summed E-state index contributed by atoms with van der Waals surface area (Å²) in [6, 6.07) is 9.60. The van der Waals surface area contributed by atoms with Crippen molar-refractivity contribution in [2.75, 3.05) is 67.0 Å². The standard InChI is InChI=1S/C27H35N9O2/c1-5-28-27(37)30-20-8-6-19(7-9-20)24-31-22-16-35(23-10-12-29-26(32-23)34(3)4)13-11-21(22)25(33-24)36-14-15-38-17-18(36)2/h6-10,12,18H,5,11,13-17H2,1-4H3,(H2,28,30,37). The quantitative estimate of drug-likeness (QED) is 0.510. The van der Waals surface area contributed by atoms with Crippen LogP contribution in [0.1, 0.15) is 25.1 Å². The molecular formula is C27H35N9O2. The van der Waals surface area contributed by atoms with E-state index in [9.17, 15) is 4.79 Å². The van der Waals surface area contributed by atoms with Crippen molar-refractivity contribution in [3.63, 3.8) is 0 Å². The predicted octanol–water partition coefficient (Wildman–Crippen LogP) is 2.93. The number of carbonyl (C=O) groups excluding carboxylic acids is 1. The van der Waals surface area contributed by atoms with Crippen molar-refractivity contribution in [3.05, 3.63) is 47.8 Å². The Bertz CT molecular complexity index is 1280. The second-order valence-electron chi connectivity index (χ2n) is 9.76. The molecule has 4 heterocycles. The van der Waals surface area contributed by atoms with E-state index in [1.54, 1.807) is 6.20 Å². The third kappa shape index (κ3) is 5.47. The molecule has 2 N–H and O–H groups in total. The highest BCUT2D eigenvalue weighted by Gasteiger charge is 2.29. The fraction of sp³-hybridized carbons (Fsp3) is 0.444. The molecule has 2 aliphatic heterocycles. The number of hydrogen-bond donors (Lipinski definition) is 2. The molecule has 0 aliphatic carbocycles. The van der Waals surface area contributed by atoms with Crippen LogP contribution in [-0.4, -0.2) is 79.0 Å². The minimum atomic E-state index is -0.226. The van der Waals surface area contributed by atoms with Gasteiger partial charge in [-0.05, 0) is 50.6 Å². The normalized spacial score (nSPS) is 17.1. The molecule has 1 fully saturated rings. The third-order valence-electron chi connectivity index (χ3n) is 6.77. The maximum atomic E-state index is 11.9. The minimum Gasteiger partial charge on any atom is -0.377 e. The molecule has 38 heavy (non-hydrogen) atoms. The number of amides is 2. The van der Waals surface area contributed by atoms with Gasteiger partial charge in [-0.2, -0.15) is 4.98 Å². The maximum Gasteiger partial charge on any atom is 0.319 e. The highest BCUT2D eigenvalue weighted by atomic mass is 16.5. The number of benzene rings is 1. The lowest BCUT2D eigenvalue weighted by Crippen LogP contribution is -2.45. The predicted molar refractivity (Wildman–Crippen MR) is 149 cm³/mol. The van der Waals surface area contributed by atoms with Crippen LogP contribution in [-0.2, 0) is 17.7 Å². The van der Waals surface area contributed by atoms with E-state index >= 15 is 0 Å². The number of carbonyl (C=O) groups is 1. The first-order chi connectivity index (χ1) is 18.4. The van der Waals surface area contributed by atoms with Gasteiger partial charge in [0.2, 0.25) is 5.95 Å². The molecule has 11 heteroatoms. The van der Waals surface area contributed by atoms with Crippen LogP contribution in [0.3, 0.4) is 0 Å². The van der Waals surface area contributed by atoms with Crippen molar-refractivity contribution < 1.29 is 9.53 Å². The number of morpholine rings is 1. The average molecular weight is 518 g/mol. The van der Waals surface area contributed by atoms with Crippen molar-refractivity contribution >= 4 is 29.3 Å². The summed E-state index contributed by atoms with van der Waals surface area (Å²) in [6.07, 6.45) is 2.63. The first-order valence-corrected chi connectivity index (χ1v) is 13.1. The molecule has 3 aromatic rings. The smallest absolute Gasteiger partial charge is 0.319 e. The Morgan fingerprint density at radius 1 is 1.13 bits per heavy atom. The summed E-state index contributed by atoms with van der Waals surface area (Å²) in [5.74, 6) is 3.22. The SMILES string of the molecule is CCNC(=O)Nc1ccc(-c2nc3c(c(N4CCOCC4C)n2)CCN(c2ccnc(N(C)C)n2)C3)cc1. The van der Waals surface area contributed by atoms with E-state index in [1.807, 2.05) is 56.3 Å². The highest BCUT2D eigenvalue weighted by Crippen LogP contribution is 2.33. The van der Waals surface area contributed by atoms with E-state index in [0.717, 1.165) is 42.4 Å².